The standard InChI is InChI=1S/C21H22N2O9S/c1-29-20(25)12-22-19(24)13-32-21(26)14-4-2-5-15(10-14)23-33(27,28)16-6-7-17-18(11-16)31-9-3-8-30-17/h2,4-7,10-11,23H,3,8-9,12-13H2,1H3,(H,22,24). The van der Waals surface area contributed by atoms with Gasteiger partial charge in [-0.15, -0.1) is 0 Å². The molecule has 0 unspecified atom stereocenters. The van der Waals surface area contributed by atoms with Gasteiger partial charge in [-0.3, -0.25) is 14.3 Å². The lowest BCUT2D eigenvalue weighted by molar-refractivity contribution is -0.141. The summed E-state index contributed by atoms with van der Waals surface area (Å²) in [5.74, 6) is -1.40. The van der Waals surface area contributed by atoms with Gasteiger partial charge in [-0.05, 0) is 30.3 Å². The van der Waals surface area contributed by atoms with Gasteiger partial charge in [0.1, 0.15) is 6.54 Å². The topological polar surface area (TPSA) is 146 Å². The van der Waals surface area contributed by atoms with Gasteiger partial charge in [0.25, 0.3) is 15.9 Å². The maximum Gasteiger partial charge on any atom is 0.338 e. The molecule has 0 saturated carbocycles. The van der Waals surface area contributed by atoms with Crippen LogP contribution in [-0.2, 0) is 29.1 Å². The number of ether oxygens (including phenoxy) is 4. The van der Waals surface area contributed by atoms with E-state index in [2.05, 4.69) is 14.8 Å². The average Bonchev–Trinajstić information content (AvgIpc) is 3.05. The van der Waals surface area contributed by atoms with Gasteiger partial charge >= 0.3 is 11.9 Å². The van der Waals surface area contributed by atoms with E-state index in [0.29, 0.717) is 31.1 Å². The number of methoxy groups -OCH3 is 1. The minimum absolute atomic E-state index is 0.0228. The lowest BCUT2D eigenvalue weighted by Gasteiger charge is -2.12. The first-order valence-corrected chi connectivity index (χ1v) is 11.3. The third kappa shape index (κ3) is 6.59. The number of benzene rings is 2. The highest BCUT2D eigenvalue weighted by atomic mass is 32.2. The highest BCUT2D eigenvalue weighted by Gasteiger charge is 2.20. The van der Waals surface area contributed by atoms with E-state index in [9.17, 15) is 22.8 Å². The van der Waals surface area contributed by atoms with E-state index in [1.54, 1.807) is 0 Å². The maximum atomic E-state index is 12.8. The van der Waals surface area contributed by atoms with E-state index < -0.39 is 34.5 Å². The molecule has 11 nitrogen and oxygen atoms in total. The van der Waals surface area contributed by atoms with Crippen LogP contribution in [0.15, 0.2) is 47.4 Å². The van der Waals surface area contributed by atoms with E-state index in [0.717, 1.165) is 0 Å². The van der Waals surface area contributed by atoms with Crippen molar-refractivity contribution < 1.29 is 41.7 Å². The van der Waals surface area contributed by atoms with Gasteiger partial charge < -0.3 is 24.3 Å². The molecule has 0 radical (unpaired) electrons. The van der Waals surface area contributed by atoms with Crippen molar-refractivity contribution in [3.8, 4) is 11.5 Å². The van der Waals surface area contributed by atoms with Gasteiger partial charge in [-0.25, -0.2) is 13.2 Å². The number of hydrogen-bond acceptors (Lipinski definition) is 9. The molecular weight excluding hydrogens is 456 g/mol. The maximum absolute atomic E-state index is 12.8. The molecular formula is C21H22N2O9S. The lowest BCUT2D eigenvalue weighted by atomic mass is 10.2. The minimum Gasteiger partial charge on any atom is -0.490 e. The molecule has 2 aromatic rings. The molecule has 1 aliphatic rings. The Hall–Kier alpha value is -3.80. The smallest absolute Gasteiger partial charge is 0.338 e. The molecule has 1 aliphatic heterocycles. The number of anilines is 1. The molecule has 1 heterocycles. The molecule has 2 N–H and O–H groups in total. The zero-order valence-corrected chi connectivity index (χ0v) is 18.5. The SMILES string of the molecule is COC(=O)CNC(=O)COC(=O)c1cccc(NS(=O)(=O)c2ccc3c(c2)OCCCO3)c1. The molecule has 33 heavy (non-hydrogen) atoms. The van der Waals surface area contributed by atoms with Crippen molar-refractivity contribution in [3.05, 3.63) is 48.0 Å². The molecule has 3 rings (SSSR count). The van der Waals surface area contributed by atoms with E-state index in [4.69, 9.17) is 14.2 Å². The summed E-state index contributed by atoms with van der Waals surface area (Å²) < 4.78 is 48.3. The number of carbonyl (C=O) groups excluding carboxylic acids is 3. The number of nitrogens with one attached hydrogen (secondary N) is 2. The molecule has 2 aromatic carbocycles. The first kappa shape index (κ1) is 23.9. The van der Waals surface area contributed by atoms with Gasteiger partial charge in [0, 0.05) is 18.2 Å². The van der Waals surface area contributed by atoms with Crippen LogP contribution < -0.4 is 19.5 Å². The Balaban J connectivity index is 1.64. The third-order valence-corrected chi connectivity index (χ3v) is 5.75. The van der Waals surface area contributed by atoms with Crippen molar-refractivity contribution in [3.63, 3.8) is 0 Å². The van der Waals surface area contributed by atoms with Gasteiger partial charge in [0.2, 0.25) is 0 Å². The predicted molar refractivity (Wildman–Crippen MR) is 115 cm³/mol. The average molecular weight is 478 g/mol. The van der Waals surface area contributed by atoms with Crippen LogP contribution >= 0.6 is 0 Å². The van der Waals surface area contributed by atoms with E-state index in [-0.39, 0.29) is 22.7 Å². The van der Waals surface area contributed by atoms with Crippen LogP contribution in [0.25, 0.3) is 0 Å². The summed E-state index contributed by atoms with van der Waals surface area (Å²) in [4.78, 5) is 34.8. The number of sulfonamides is 1. The Morgan fingerprint density at radius 3 is 2.55 bits per heavy atom. The largest absolute Gasteiger partial charge is 0.490 e. The van der Waals surface area contributed by atoms with Crippen LogP contribution in [0.4, 0.5) is 5.69 Å². The molecule has 0 fully saturated rings. The highest BCUT2D eigenvalue weighted by Crippen LogP contribution is 2.32. The van der Waals surface area contributed by atoms with Crippen molar-refractivity contribution in [1.82, 2.24) is 5.32 Å². The van der Waals surface area contributed by atoms with Crippen molar-refractivity contribution in [2.24, 2.45) is 0 Å². The summed E-state index contributed by atoms with van der Waals surface area (Å²) in [6.45, 7) is -0.0883. The van der Waals surface area contributed by atoms with Crippen LogP contribution in [0.3, 0.4) is 0 Å². The predicted octanol–water partition coefficient (Wildman–Crippen LogP) is 1.09. The number of amides is 1. The zero-order chi connectivity index (χ0) is 23.8. The summed E-state index contributed by atoms with van der Waals surface area (Å²) in [5.41, 5.74) is 0.140. The second-order valence-electron chi connectivity index (χ2n) is 6.77. The molecule has 0 atom stereocenters. The molecule has 12 heteroatoms. The second kappa shape index (κ2) is 10.7. The van der Waals surface area contributed by atoms with Crippen LogP contribution in [0, 0.1) is 0 Å². The summed E-state index contributed by atoms with van der Waals surface area (Å²) in [5, 5.41) is 2.22. The van der Waals surface area contributed by atoms with Crippen LogP contribution in [-0.4, -0.2) is 59.7 Å². The fraction of sp³-hybridized carbons (Fsp3) is 0.286. The molecule has 176 valence electrons. The molecule has 0 aromatic heterocycles. The fourth-order valence-corrected chi connectivity index (χ4v) is 3.81. The zero-order valence-electron chi connectivity index (χ0n) is 17.7. The van der Waals surface area contributed by atoms with Gasteiger partial charge in [-0.2, -0.15) is 0 Å². The summed E-state index contributed by atoms with van der Waals surface area (Å²) in [6.07, 6.45) is 0.685. The van der Waals surface area contributed by atoms with Crippen molar-refractivity contribution in [2.75, 3.05) is 38.2 Å². The fourth-order valence-electron chi connectivity index (χ4n) is 2.74. The number of hydrogen-bond donors (Lipinski definition) is 2. The van der Waals surface area contributed by atoms with E-state index in [1.807, 2.05) is 0 Å². The molecule has 0 bridgehead atoms. The minimum atomic E-state index is -3.99. The van der Waals surface area contributed by atoms with Gasteiger partial charge in [-0.1, -0.05) is 6.07 Å². The molecule has 0 spiro atoms. The van der Waals surface area contributed by atoms with Crippen molar-refractivity contribution in [2.45, 2.75) is 11.3 Å². The van der Waals surface area contributed by atoms with Crippen LogP contribution in [0.2, 0.25) is 0 Å². The van der Waals surface area contributed by atoms with Gasteiger partial charge in [0.05, 0.1) is 30.8 Å². The van der Waals surface area contributed by atoms with Crippen LogP contribution in [0.5, 0.6) is 11.5 Å². The Morgan fingerprint density at radius 1 is 1.03 bits per heavy atom. The van der Waals surface area contributed by atoms with Crippen LogP contribution in [0.1, 0.15) is 16.8 Å². The number of rotatable bonds is 8. The second-order valence-corrected chi connectivity index (χ2v) is 8.46. The first-order valence-electron chi connectivity index (χ1n) is 9.81. The number of esters is 2. The Morgan fingerprint density at radius 2 is 1.79 bits per heavy atom. The normalized spacial score (nSPS) is 12.8. The summed E-state index contributed by atoms with van der Waals surface area (Å²) in [7, 11) is -2.82. The molecule has 1 amide bonds. The van der Waals surface area contributed by atoms with Crippen molar-refractivity contribution >= 4 is 33.6 Å². The Bertz CT molecular complexity index is 1150. The Labute approximate surface area is 190 Å². The number of fused-ring (bicyclic) bond motifs is 1. The highest BCUT2D eigenvalue weighted by molar-refractivity contribution is 7.92. The van der Waals surface area contributed by atoms with Gasteiger partial charge in [0.15, 0.2) is 18.1 Å². The summed E-state index contributed by atoms with van der Waals surface area (Å²) in [6, 6.07) is 9.87. The quantitative estimate of drug-likeness (QED) is 0.532. The monoisotopic (exact) mass is 478 g/mol. The Kier molecular flexibility index (Phi) is 7.72. The van der Waals surface area contributed by atoms with Crippen molar-refractivity contribution in [1.29, 1.82) is 0 Å². The molecule has 0 aliphatic carbocycles. The first-order chi connectivity index (χ1) is 15.8. The lowest BCUT2D eigenvalue weighted by Crippen LogP contribution is -2.33. The third-order valence-electron chi connectivity index (χ3n) is 4.37. The molecule has 0 saturated heterocycles. The summed E-state index contributed by atoms with van der Waals surface area (Å²) >= 11 is 0. The van der Waals surface area contributed by atoms with E-state index >= 15 is 0 Å². The van der Waals surface area contributed by atoms with E-state index in [1.165, 1.54) is 49.6 Å². The number of carbonyl (C=O) groups is 3.